The normalized spacial score (nSPS) is 10.9. The standard InChI is InChI=1S/C22H15ClF3N3O2S/c23-18-7-2-1-6-17(18)20(31)29-21(32)28-15-10-8-13(9-11-15)19(30)27-16-5-3-4-14(12-16)22(24,25)26/h1-12H,(H,27,30)(H2,28,29,31,32). The number of hydrogen-bond donors (Lipinski definition) is 3. The Morgan fingerprint density at radius 2 is 1.50 bits per heavy atom. The van der Waals surface area contributed by atoms with E-state index in [1.807, 2.05) is 0 Å². The molecule has 0 fully saturated rings. The van der Waals surface area contributed by atoms with Gasteiger partial charge in [-0.3, -0.25) is 14.9 Å². The van der Waals surface area contributed by atoms with E-state index in [0.29, 0.717) is 5.69 Å². The van der Waals surface area contributed by atoms with E-state index in [1.54, 1.807) is 24.3 Å². The van der Waals surface area contributed by atoms with Crippen LogP contribution in [0.4, 0.5) is 24.5 Å². The van der Waals surface area contributed by atoms with Crippen molar-refractivity contribution in [3.8, 4) is 0 Å². The van der Waals surface area contributed by atoms with Crippen LogP contribution in [0.25, 0.3) is 0 Å². The largest absolute Gasteiger partial charge is 0.416 e. The number of thiocarbonyl (C=S) groups is 1. The lowest BCUT2D eigenvalue weighted by molar-refractivity contribution is -0.137. The van der Waals surface area contributed by atoms with Crippen LogP contribution in [-0.4, -0.2) is 16.9 Å². The van der Waals surface area contributed by atoms with E-state index in [1.165, 1.54) is 36.4 Å². The average Bonchev–Trinajstić information content (AvgIpc) is 2.74. The SMILES string of the molecule is O=C(Nc1cccc(C(F)(F)F)c1)c1ccc(NC(=S)NC(=O)c2ccccc2Cl)cc1. The van der Waals surface area contributed by atoms with Gasteiger partial charge in [0.05, 0.1) is 16.1 Å². The Kier molecular flexibility index (Phi) is 7.12. The third-order valence-electron chi connectivity index (χ3n) is 4.20. The molecular weight excluding hydrogens is 463 g/mol. The maximum Gasteiger partial charge on any atom is 0.416 e. The van der Waals surface area contributed by atoms with E-state index >= 15 is 0 Å². The lowest BCUT2D eigenvalue weighted by atomic mass is 10.1. The summed E-state index contributed by atoms with van der Waals surface area (Å²) in [6.07, 6.45) is -4.51. The van der Waals surface area contributed by atoms with Crippen molar-refractivity contribution < 1.29 is 22.8 Å². The van der Waals surface area contributed by atoms with Gasteiger partial charge in [0.2, 0.25) is 0 Å². The summed E-state index contributed by atoms with van der Waals surface area (Å²) in [5.74, 6) is -1.06. The van der Waals surface area contributed by atoms with Gasteiger partial charge in [-0.05, 0) is 66.8 Å². The fourth-order valence-corrected chi connectivity index (χ4v) is 3.09. The van der Waals surface area contributed by atoms with E-state index in [2.05, 4.69) is 16.0 Å². The van der Waals surface area contributed by atoms with Crippen LogP contribution in [0.5, 0.6) is 0 Å². The molecule has 0 aromatic heterocycles. The number of carbonyl (C=O) groups is 2. The number of benzene rings is 3. The topological polar surface area (TPSA) is 70.2 Å². The summed E-state index contributed by atoms with van der Waals surface area (Å²) >= 11 is 11.1. The number of alkyl halides is 3. The second-order valence-electron chi connectivity index (χ2n) is 6.50. The molecule has 0 bridgehead atoms. The molecule has 3 N–H and O–H groups in total. The number of rotatable bonds is 4. The van der Waals surface area contributed by atoms with E-state index in [-0.39, 0.29) is 26.9 Å². The molecule has 3 aromatic rings. The summed E-state index contributed by atoms with van der Waals surface area (Å²) in [6.45, 7) is 0. The first-order chi connectivity index (χ1) is 15.1. The van der Waals surface area contributed by atoms with Gasteiger partial charge in [0.15, 0.2) is 5.11 Å². The first kappa shape index (κ1) is 23.2. The van der Waals surface area contributed by atoms with Crippen molar-refractivity contribution in [2.45, 2.75) is 6.18 Å². The summed E-state index contributed by atoms with van der Waals surface area (Å²) in [5, 5.41) is 8.03. The minimum absolute atomic E-state index is 0.0236. The van der Waals surface area contributed by atoms with Gasteiger partial charge in [-0.1, -0.05) is 29.8 Å². The highest BCUT2D eigenvalue weighted by Crippen LogP contribution is 2.30. The van der Waals surface area contributed by atoms with Crippen molar-refractivity contribution in [1.29, 1.82) is 0 Å². The Labute approximate surface area is 191 Å². The molecule has 0 aliphatic rings. The molecule has 32 heavy (non-hydrogen) atoms. The summed E-state index contributed by atoms with van der Waals surface area (Å²) in [5.41, 5.74) is 0.140. The van der Waals surface area contributed by atoms with Crippen molar-refractivity contribution >= 4 is 52.1 Å². The highest BCUT2D eigenvalue weighted by atomic mass is 35.5. The van der Waals surface area contributed by atoms with Crippen molar-refractivity contribution in [2.24, 2.45) is 0 Å². The number of anilines is 2. The maximum atomic E-state index is 12.8. The molecule has 0 spiro atoms. The predicted molar refractivity (Wildman–Crippen MR) is 121 cm³/mol. The minimum atomic E-state index is -4.51. The van der Waals surface area contributed by atoms with Crippen LogP contribution in [-0.2, 0) is 6.18 Å². The molecular formula is C22H15ClF3N3O2S. The fraction of sp³-hybridized carbons (Fsp3) is 0.0455. The van der Waals surface area contributed by atoms with Gasteiger partial charge >= 0.3 is 6.18 Å². The summed E-state index contributed by atoms with van der Waals surface area (Å²) in [7, 11) is 0. The third kappa shape index (κ3) is 6.05. The van der Waals surface area contributed by atoms with Crippen LogP contribution >= 0.6 is 23.8 Å². The number of halogens is 4. The third-order valence-corrected chi connectivity index (χ3v) is 4.73. The molecule has 0 heterocycles. The van der Waals surface area contributed by atoms with Crippen molar-refractivity contribution in [2.75, 3.05) is 10.6 Å². The highest BCUT2D eigenvalue weighted by Gasteiger charge is 2.30. The van der Waals surface area contributed by atoms with Crippen LogP contribution in [0.1, 0.15) is 26.3 Å². The van der Waals surface area contributed by atoms with Gasteiger partial charge < -0.3 is 10.6 Å². The first-order valence-corrected chi connectivity index (χ1v) is 9.87. The van der Waals surface area contributed by atoms with Crippen LogP contribution in [0.3, 0.4) is 0 Å². The number of carbonyl (C=O) groups excluding carboxylic acids is 2. The molecule has 3 aromatic carbocycles. The quantitative estimate of drug-likeness (QED) is 0.419. The molecule has 0 aliphatic carbocycles. The Morgan fingerprint density at radius 3 is 2.16 bits per heavy atom. The van der Waals surface area contributed by atoms with Gasteiger partial charge in [0.1, 0.15) is 0 Å². The van der Waals surface area contributed by atoms with Crippen LogP contribution in [0, 0.1) is 0 Å². The first-order valence-electron chi connectivity index (χ1n) is 9.09. The van der Waals surface area contributed by atoms with Gasteiger partial charge in [-0.15, -0.1) is 0 Å². The zero-order chi connectivity index (χ0) is 23.3. The Balaban J connectivity index is 1.60. The molecule has 3 rings (SSSR count). The van der Waals surface area contributed by atoms with E-state index in [9.17, 15) is 22.8 Å². The van der Waals surface area contributed by atoms with Crippen molar-refractivity contribution in [3.63, 3.8) is 0 Å². The predicted octanol–water partition coefficient (Wildman–Crippen LogP) is 5.74. The molecule has 0 saturated heterocycles. The van der Waals surface area contributed by atoms with Gasteiger partial charge in [0.25, 0.3) is 11.8 Å². The second-order valence-corrected chi connectivity index (χ2v) is 7.31. The van der Waals surface area contributed by atoms with Gasteiger partial charge in [-0.2, -0.15) is 13.2 Å². The number of nitrogens with one attached hydrogen (secondary N) is 3. The zero-order valence-electron chi connectivity index (χ0n) is 16.2. The lowest BCUT2D eigenvalue weighted by Gasteiger charge is -2.12. The minimum Gasteiger partial charge on any atom is -0.332 e. The zero-order valence-corrected chi connectivity index (χ0v) is 17.7. The maximum absolute atomic E-state index is 12.8. The molecule has 0 aliphatic heterocycles. The van der Waals surface area contributed by atoms with E-state index in [4.69, 9.17) is 23.8 Å². The Morgan fingerprint density at radius 1 is 0.812 bits per heavy atom. The molecule has 10 heteroatoms. The monoisotopic (exact) mass is 477 g/mol. The van der Waals surface area contributed by atoms with Gasteiger partial charge in [-0.25, -0.2) is 0 Å². The summed E-state index contributed by atoms with van der Waals surface area (Å²) in [6, 6.07) is 16.8. The van der Waals surface area contributed by atoms with Crippen LogP contribution in [0.15, 0.2) is 72.8 Å². The Bertz CT molecular complexity index is 1170. The van der Waals surface area contributed by atoms with Crippen LogP contribution < -0.4 is 16.0 Å². The number of amides is 2. The molecule has 0 atom stereocenters. The fourth-order valence-electron chi connectivity index (χ4n) is 2.66. The smallest absolute Gasteiger partial charge is 0.332 e. The highest BCUT2D eigenvalue weighted by molar-refractivity contribution is 7.80. The van der Waals surface area contributed by atoms with Crippen molar-refractivity contribution in [3.05, 3.63) is 94.5 Å². The second kappa shape index (κ2) is 9.80. The average molecular weight is 478 g/mol. The Hall–Kier alpha value is -3.43. The molecule has 0 saturated carbocycles. The molecule has 164 valence electrons. The van der Waals surface area contributed by atoms with Crippen molar-refractivity contribution in [1.82, 2.24) is 5.32 Å². The molecule has 0 radical (unpaired) electrons. The lowest BCUT2D eigenvalue weighted by Crippen LogP contribution is -2.34. The summed E-state index contributed by atoms with van der Waals surface area (Å²) in [4.78, 5) is 24.6. The molecule has 2 amide bonds. The van der Waals surface area contributed by atoms with E-state index in [0.717, 1.165) is 12.1 Å². The van der Waals surface area contributed by atoms with E-state index < -0.39 is 23.6 Å². The van der Waals surface area contributed by atoms with Gasteiger partial charge in [0, 0.05) is 16.9 Å². The molecule has 0 unspecified atom stereocenters. The number of hydrogen-bond acceptors (Lipinski definition) is 3. The molecule has 5 nitrogen and oxygen atoms in total. The summed E-state index contributed by atoms with van der Waals surface area (Å²) < 4.78 is 38.4. The van der Waals surface area contributed by atoms with Crippen LogP contribution in [0.2, 0.25) is 5.02 Å².